The number of rotatable bonds is 2. The van der Waals surface area contributed by atoms with Gasteiger partial charge in [-0.3, -0.25) is 0 Å². The van der Waals surface area contributed by atoms with Crippen molar-refractivity contribution in [1.29, 1.82) is 0 Å². The molecule has 0 spiro atoms. The molecule has 3 aromatic rings. The second kappa shape index (κ2) is 5.14. The summed E-state index contributed by atoms with van der Waals surface area (Å²) in [6, 6.07) is 8.38. The third-order valence-corrected chi connectivity index (χ3v) is 3.70. The lowest BCUT2D eigenvalue weighted by atomic mass is 10.2. The number of morpholine rings is 1. The van der Waals surface area contributed by atoms with Gasteiger partial charge >= 0.3 is 0 Å². The summed E-state index contributed by atoms with van der Waals surface area (Å²) in [5.74, 6) is 0. The van der Waals surface area contributed by atoms with Gasteiger partial charge in [-0.15, -0.1) is 0 Å². The number of hydrogen-bond acceptors (Lipinski definition) is 5. The highest BCUT2D eigenvalue weighted by Crippen LogP contribution is 2.20. The van der Waals surface area contributed by atoms with Gasteiger partial charge in [0.1, 0.15) is 6.33 Å². The van der Waals surface area contributed by atoms with Crippen LogP contribution in [0.5, 0.6) is 0 Å². The molecule has 1 aromatic carbocycles. The molecule has 0 N–H and O–H groups in total. The lowest BCUT2D eigenvalue weighted by Crippen LogP contribution is -2.36. The van der Waals surface area contributed by atoms with E-state index in [-0.39, 0.29) is 0 Å². The zero-order chi connectivity index (χ0) is 14.1. The van der Waals surface area contributed by atoms with E-state index in [1.165, 1.54) is 5.69 Å². The Kier molecular flexibility index (Phi) is 3.01. The highest BCUT2D eigenvalue weighted by atomic mass is 16.5. The van der Waals surface area contributed by atoms with E-state index in [1.807, 2.05) is 4.68 Å². The molecule has 0 amide bonds. The first-order valence-corrected chi connectivity index (χ1v) is 6.99. The number of nitrogens with zero attached hydrogens (tertiary/aromatic N) is 5. The lowest BCUT2D eigenvalue weighted by Gasteiger charge is -2.28. The fourth-order valence-corrected chi connectivity index (χ4v) is 2.59. The maximum absolute atomic E-state index is 5.38. The van der Waals surface area contributed by atoms with Gasteiger partial charge in [0.15, 0.2) is 5.65 Å². The Hall–Kier alpha value is -2.47. The number of anilines is 1. The molecule has 1 aliphatic rings. The first kappa shape index (κ1) is 12.3. The minimum absolute atomic E-state index is 0.794. The maximum Gasteiger partial charge on any atom is 0.166 e. The van der Waals surface area contributed by atoms with Gasteiger partial charge in [0.2, 0.25) is 0 Å². The van der Waals surface area contributed by atoms with E-state index in [9.17, 15) is 0 Å². The minimum atomic E-state index is 0.794. The molecular weight excluding hydrogens is 266 g/mol. The van der Waals surface area contributed by atoms with Crippen molar-refractivity contribution in [1.82, 2.24) is 19.7 Å². The van der Waals surface area contributed by atoms with Crippen LogP contribution in [0.4, 0.5) is 5.69 Å². The molecule has 0 bridgehead atoms. The smallest absolute Gasteiger partial charge is 0.166 e. The van der Waals surface area contributed by atoms with Crippen molar-refractivity contribution >= 4 is 16.7 Å². The number of fused-ring (bicyclic) bond motifs is 1. The van der Waals surface area contributed by atoms with Gasteiger partial charge in [-0.05, 0) is 24.3 Å². The van der Waals surface area contributed by atoms with E-state index in [2.05, 4.69) is 44.2 Å². The summed E-state index contributed by atoms with van der Waals surface area (Å²) < 4.78 is 7.22. The molecule has 0 aliphatic carbocycles. The van der Waals surface area contributed by atoms with E-state index < -0.39 is 0 Å². The summed E-state index contributed by atoms with van der Waals surface area (Å²) in [7, 11) is 0. The molecule has 0 atom stereocenters. The van der Waals surface area contributed by atoms with Gasteiger partial charge in [0.05, 0.1) is 30.5 Å². The monoisotopic (exact) mass is 281 g/mol. The molecule has 0 unspecified atom stereocenters. The van der Waals surface area contributed by atoms with Crippen LogP contribution in [0.3, 0.4) is 0 Å². The van der Waals surface area contributed by atoms with Crippen LogP contribution in [0.25, 0.3) is 16.7 Å². The van der Waals surface area contributed by atoms with Gasteiger partial charge in [-0.25, -0.2) is 14.6 Å². The predicted molar refractivity (Wildman–Crippen MR) is 79.7 cm³/mol. The van der Waals surface area contributed by atoms with Crippen LogP contribution in [0, 0.1) is 0 Å². The molecule has 0 radical (unpaired) electrons. The Balaban J connectivity index is 1.67. The van der Waals surface area contributed by atoms with E-state index in [0.29, 0.717) is 0 Å². The van der Waals surface area contributed by atoms with Crippen LogP contribution in [0.15, 0.2) is 43.0 Å². The summed E-state index contributed by atoms with van der Waals surface area (Å²) in [6.45, 7) is 3.47. The minimum Gasteiger partial charge on any atom is -0.378 e. The van der Waals surface area contributed by atoms with Gasteiger partial charge < -0.3 is 9.64 Å². The van der Waals surface area contributed by atoms with Crippen LogP contribution in [0.1, 0.15) is 0 Å². The molecule has 1 aliphatic heterocycles. The predicted octanol–water partition coefficient (Wildman–Crippen LogP) is 1.65. The summed E-state index contributed by atoms with van der Waals surface area (Å²) in [4.78, 5) is 10.6. The highest BCUT2D eigenvalue weighted by molar-refractivity contribution is 5.75. The van der Waals surface area contributed by atoms with Crippen molar-refractivity contribution in [3.8, 4) is 5.69 Å². The first-order valence-electron chi connectivity index (χ1n) is 6.99. The number of ether oxygens (including phenoxy) is 1. The maximum atomic E-state index is 5.38. The standard InChI is InChI=1S/C15H15N5O/c1-3-14(4-2-13(1)19-5-7-21-8-6-19)20-15-12(10-18-20)9-16-11-17-15/h1-4,9-11H,5-8H2. The summed E-state index contributed by atoms with van der Waals surface area (Å²) in [6.07, 6.45) is 5.10. The van der Waals surface area contributed by atoms with E-state index >= 15 is 0 Å². The summed E-state index contributed by atoms with van der Waals surface area (Å²) >= 11 is 0. The van der Waals surface area contributed by atoms with Crippen LogP contribution in [0.2, 0.25) is 0 Å². The third-order valence-electron chi connectivity index (χ3n) is 3.70. The molecule has 6 heteroatoms. The van der Waals surface area contributed by atoms with E-state index in [1.54, 1.807) is 18.7 Å². The first-order chi connectivity index (χ1) is 10.4. The van der Waals surface area contributed by atoms with E-state index in [0.717, 1.165) is 43.0 Å². The molecule has 1 fully saturated rings. The Bertz CT molecular complexity index is 746. The quantitative estimate of drug-likeness (QED) is 0.715. The van der Waals surface area contributed by atoms with Crippen molar-refractivity contribution in [3.63, 3.8) is 0 Å². The van der Waals surface area contributed by atoms with Crippen molar-refractivity contribution in [2.24, 2.45) is 0 Å². The molecule has 2 aromatic heterocycles. The molecule has 106 valence electrons. The van der Waals surface area contributed by atoms with Crippen molar-refractivity contribution in [3.05, 3.63) is 43.0 Å². The Labute approximate surface area is 122 Å². The Morgan fingerprint density at radius 1 is 0.952 bits per heavy atom. The normalized spacial score (nSPS) is 15.5. The molecule has 3 heterocycles. The van der Waals surface area contributed by atoms with Crippen molar-refractivity contribution in [2.45, 2.75) is 0 Å². The largest absolute Gasteiger partial charge is 0.378 e. The third kappa shape index (κ3) is 2.23. The second-order valence-corrected chi connectivity index (χ2v) is 4.97. The Morgan fingerprint density at radius 3 is 2.52 bits per heavy atom. The zero-order valence-corrected chi connectivity index (χ0v) is 11.5. The number of hydrogen-bond donors (Lipinski definition) is 0. The number of benzene rings is 1. The molecular formula is C15H15N5O. The van der Waals surface area contributed by atoms with E-state index in [4.69, 9.17) is 4.74 Å². The van der Waals surface area contributed by atoms with Crippen LogP contribution < -0.4 is 4.90 Å². The van der Waals surface area contributed by atoms with Gasteiger partial charge in [-0.1, -0.05) is 0 Å². The average Bonchev–Trinajstić information content (AvgIpc) is 3.00. The Morgan fingerprint density at radius 2 is 1.71 bits per heavy atom. The topological polar surface area (TPSA) is 56.1 Å². The fourth-order valence-electron chi connectivity index (χ4n) is 2.59. The molecule has 4 rings (SSSR count). The SMILES string of the molecule is c1ncc2cnn(-c3ccc(N4CCOCC4)cc3)c2n1. The van der Waals surface area contributed by atoms with Crippen LogP contribution >= 0.6 is 0 Å². The molecule has 1 saturated heterocycles. The molecule has 6 nitrogen and oxygen atoms in total. The van der Waals surface area contributed by atoms with Crippen molar-refractivity contribution < 1.29 is 4.74 Å². The van der Waals surface area contributed by atoms with Gasteiger partial charge in [0, 0.05) is 25.0 Å². The molecule has 21 heavy (non-hydrogen) atoms. The fraction of sp³-hybridized carbons (Fsp3) is 0.267. The molecule has 0 saturated carbocycles. The highest BCUT2D eigenvalue weighted by Gasteiger charge is 2.11. The van der Waals surface area contributed by atoms with Gasteiger partial charge in [-0.2, -0.15) is 5.10 Å². The van der Waals surface area contributed by atoms with Crippen LogP contribution in [-0.2, 0) is 4.74 Å². The van der Waals surface area contributed by atoms with Gasteiger partial charge in [0.25, 0.3) is 0 Å². The number of aromatic nitrogens is 4. The van der Waals surface area contributed by atoms with Crippen LogP contribution in [-0.4, -0.2) is 46.1 Å². The second-order valence-electron chi connectivity index (χ2n) is 4.97. The summed E-state index contributed by atoms with van der Waals surface area (Å²) in [5.41, 5.74) is 3.04. The lowest BCUT2D eigenvalue weighted by molar-refractivity contribution is 0.122. The average molecular weight is 281 g/mol. The zero-order valence-electron chi connectivity index (χ0n) is 11.5. The van der Waals surface area contributed by atoms with Crippen molar-refractivity contribution in [2.75, 3.05) is 31.2 Å². The summed E-state index contributed by atoms with van der Waals surface area (Å²) in [5, 5.41) is 5.33.